The van der Waals surface area contributed by atoms with Gasteiger partial charge in [-0.05, 0) is 103 Å². The van der Waals surface area contributed by atoms with Crippen molar-refractivity contribution in [3.05, 3.63) is 35.9 Å². The molecule has 4 aliphatic rings. The lowest BCUT2D eigenvalue weighted by atomic mass is 10.0. The largest absolute Gasteiger partial charge is 0.481 e. The number of Topliss-reactive ketones (excluding diaryl/α,β-unsaturated/α-hetero) is 1. The first-order valence-electron chi connectivity index (χ1n) is 37.7. The molecule has 13 atom stereocenters. The lowest BCUT2D eigenvalue weighted by molar-refractivity contribution is -0.143. The summed E-state index contributed by atoms with van der Waals surface area (Å²) in [6, 6.07) is -6.33. The molecular formula is C71H112N18O21S. The van der Waals surface area contributed by atoms with E-state index >= 15 is 0 Å². The number of unbranched alkanes of at least 4 members (excludes halogenated alkanes) is 3. The van der Waals surface area contributed by atoms with Gasteiger partial charge in [-0.25, -0.2) is 4.79 Å². The van der Waals surface area contributed by atoms with E-state index in [9.17, 15) is 86.9 Å². The van der Waals surface area contributed by atoms with Crippen LogP contribution in [0.5, 0.6) is 0 Å². The number of carbonyl (C=O) groups is 16. The zero-order valence-electron chi connectivity index (χ0n) is 62.8. The topological polar surface area (TPSA) is 622 Å². The molecule has 0 radical (unpaired) electrons. The normalized spacial score (nSPS) is 19.2. The number of carboxylic acid groups (broad SMARTS) is 1. The molecule has 15 amide bonds. The number of thioether (sulfide) groups is 1. The average molecular weight is 1590 g/mol. The highest BCUT2D eigenvalue weighted by Gasteiger charge is 2.44. The zero-order chi connectivity index (χ0) is 81.5. The van der Waals surface area contributed by atoms with Crippen molar-refractivity contribution in [2.45, 2.75) is 232 Å². The number of aliphatic hydroxyl groups excluding tert-OH is 1. The SMILES string of the molecule is C[C@H](CCCCC(=N)N)NC(=O)[C@@H]1CCCN1C(=O)[C@H](Cc1ccccc1)NC(=O)[C@H](CC(N)=O)NC(=O)[C@H](CCCCN)NC(=O)[C@H](CC(N)=O)NC(=O)[C@H](CCC(=O)O)NC(=O)[C@H](CO)NC(=O)[C@H](CC(N)=O)NC(=O)[C@@H]1CCCN1C(=O)COCCOCCOCCCC(=O)CCCC[C@H]1SC[C@H]2NC(=O)N[C@H]21. The number of amides is 15. The maximum absolute atomic E-state index is 14.6. The van der Waals surface area contributed by atoms with Gasteiger partial charge in [-0.15, -0.1) is 0 Å². The zero-order valence-corrected chi connectivity index (χ0v) is 63.6. The van der Waals surface area contributed by atoms with Crippen LogP contribution in [0.2, 0.25) is 0 Å². The van der Waals surface area contributed by atoms with Gasteiger partial charge in [0.25, 0.3) is 0 Å². The lowest BCUT2D eigenvalue weighted by Gasteiger charge is -2.31. The lowest BCUT2D eigenvalue weighted by Crippen LogP contribution is -2.61. The number of nitrogens with one attached hydrogen (secondary N) is 11. The molecule has 39 nitrogen and oxygen atoms in total. The molecule has 0 aliphatic carbocycles. The molecule has 4 fully saturated rings. The first-order chi connectivity index (χ1) is 53.0. The minimum atomic E-state index is -2.01. The van der Waals surface area contributed by atoms with Gasteiger partial charge in [-0.1, -0.05) is 43.2 Å². The molecule has 0 bridgehead atoms. The summed E-state index contributed by atoms with van der Waals surface area (Å²) in [5.74, 6) is -13.8. The number of urea groups is 1. The van der Waals surface area contributed by atoms with Crippen LogP contribution < -0.4 is 81.8 Å². The van der Waals surface area contributed by atoms with E-state index in [1.807, 2.05) is 11.8 Å². The van der Waals surface area contributed by atoms with Crippen molar-refractivity contribution in [2.24, 2.45) is 28.7 Å². The van der Waals surface area contributed by atoms with Crippen LogP contribution >= 0.6 is 11.8 Å². The number of ketones is 1. The number of primary amides is 3. The summed E-state index contributed by atoms with van der Waals surface area (Å²) in [5, 5.41) is 53.1. The van der Waals surface area contributed by atoms with Gasteiger partial charge in [0.05, 0.1) is 70.2 Å². The van der Waals surface area contributed by atoms with Crippen molar-refractivity contribution in [1.82, 2.24) is 63.0 Å². The highest BCUT2D eigenvalue weighted by molar-refractivity contribution is 8.00. The Balaban J connectivity index is 1.15. The minimum absolute atomic E-state index is 0.00626. The third-order valence-corrected chi connectivity index (χ3v) is 20.5. The summed E-state index contributed by atoms with van der Waals surface area (Å²) in [5.41, 5.74) is 28.4. The standard InChI is InChI=1S/C71H112N18O21S/c1-41(14-5-8-23-55(73)74)78-68(104)53-21-12-28-89(53)70(106)49(34-42-15-3-2-4-16-42)84-65(101)47(36-57(76)93)81-62(98)44(19-9-10-26-72)79-64(100)46(35-56(75)92)82-63(99)45(24-25-60(96)97)80-67(103)50(38-90)85-66(102)48(37-58(77)94)83-69(105)52-20-11-27-88(52)59(95)39-110-33-32-109-31-30-108-29-13-18-43(91)17-6-7-22-54-61-51(40-111-54)86-71(107)87-61/h2-4,15-16,41,44-54,61,90H,5-14,17-40,72H2,1H3,(H3,73,74)(H2,75,92)(H2,76,93)(H2,77,94)(H,78,104)(H,79,100)(H,80,103)(H,81,98)(H,82,99)(H,83,105)(H,84,101)(H,85,102)(H,96,97)(H2,86,87,107)/t41-,44+,45+,46+,47+,48+,49+,50+,51-,52+,53+,54-,61-/m1/s1. The Morgan fingerprint density at radius 2 is 1.05 bits per heavy atom. The highest BCUT2D eigenvalue weighted by atomic mass is 32.2. The number of likely N-dealkylation sites (tertiary alicyclic amines) is 2. The molecule has 111 heavy (non-hydrogen) atoms. The highest BCUT2D eigenvalue weighted by Crippen LogP contribution is 2.33. The molecule has 0 unspecified atom stereocenters. The van der Waals surface area contributed by atoms with Crippen molar-refractivity contribution in [3.8, 4) is 0 Å². The molecular weight excluding hydrogens is 1470 g/mol. The predicted molar refractivity (Wildman–Crippen MR) is 400 cm³/mol. The number of amidine groups is 1. The molecule has 1 aromatic rings. The molecule has 23 N–H and O–H groups in total. The Morgan fingerprint density at radius 1 is 0.559 bits per heavy atom. The maximum atomic E-state index is 14.6. The minimum Gasteiger partial charge on any atom is -0.481 e. The van der Waals surface area contributed by atoms with Gasteiger partial charge in [0, 0.05) is 68.8 Å². The van der Waals surface area contributed by atoms with Crippen LogP contribution in [0.15, 0.2) is 30.3 Å². The van der Waals surface area contributed by atoms with Gasteiger partial charge in [-0.2, -0.15) is 11.8 Å². The number of ether oxygens (including phenoxy) is 3. The molecule has 0 aromatic heterocycles. The molecule has 40 heteroatoms. The molecule has 0 saturated carbocycles. The van der Waals surface area contributed by atoms with E-state index in [1.165, 1.54) is 9.80 Å². The van der Waals surface area contributed by atoms with E-state index in [4.69, 9.17) is 48.3 Å². The smallest absolute Gasteiger partial charge is 0.315 e. The van der Waals surface area contributed by atoms with Crippen molar-refractivity contribution in [1.29, 1.82) is 5.41 Å². The quantitative estimate of drug-likeness (QED) is 0.0126. The number of aliphatic hydroxyl groups is 1. The molecule has 5 rings (SSSR count). The molecule has 4 aliphatic heterocycles. The average Bonchev–Trinajstić information content (AvgIpc) is 1.78. The third-order valence-electron chi connectivity index (χ3n) is 19.0. The van der Waals surface area contributed by atoms with Crippen LogP contribution in [0.1, 0.15) is 154 Å². The summed E-state index contributed by atoms with van der Waals surface area (Å²) in [6.07, 6.45) is 3.33. The second kappa shape index (κ2) is 48.9. The van der Waals surface area contributed by atoms with Crippen LogP contribution in [0.3, 0.4) is 0 Å². The Bertz CT molecular complexity index is 3360. The first kappa shape index (κ1) is 92.0. The van der Waals surface area contributed by atoms with Gasteiger partial charge in [0.15, 0.2) is 0 Å². The number of nitrogens with two attached hydrogens (primary N) is 5. The fourth-order valence-corrected chi connectivity index (χ4v) is 14.7. The first-order valence-corrected chi connectivity index (χ1v) is 38.7. The number of fused-ring (bicyclic) bond motifs is 1. The molecule has 0 spiro atoms. The Morgan fingerprint density at radius 3 is 1.64 bits per heavy atom. The second-order valence-electron chi connectivity index (χ2n) is 27.9. The van der Waals surface area contributed by atoms with E-state index < -0.39 is 182 Å². The summed E-state index contributed by atoms with van der Waals surface area (Å²) in [6.45, 7) is 1.39. The van der Waals surface area contributed by atoms with Crippen LogP contribution in [-0.4, -0.2) is 270 Å². The predicted octanol–water partition coefficient (Wildman–Crippen LogP) is -4.66. The van der Waals surface area contributed by atoms with Crippen LogP contribution in [0, 0.1) is 5.41 Å². The van der Waals surface area contributed by atoms with Gasteiger partial charge in [-0.3, -0.25) is 77.3 Å². The van der Waals surface area contributed by atoms with Gasteiger partial charge < -0.3 is 116 Å². The van der Waals surface area contributed by atoms with Crippen LogP contribution in [0.4, 0.5) is 4.79 Å². The van der Waals surface area contributed by atoms with E-state index in [2.05, 4.69) is 53.2 Å². The van der Waals surface area contributed by atoms with Crippen molar-refractivity contribution in [3.63, 3.8) is 0 Å². The number of hydrogen-bond donors (Lipinski definition) is 18. The number of rotatable bonds is 55. The summed E-state index contributed by atoms with van der Waals surface area (Å²) in [4.78, 5) is 216. The molecule has 1 aromatic carbocycles. The molecule has 4 saturated heterocycles. The number of hydrogen-bond acceptors (Lipinski definition) is 23. The van der Waals surface area contributed by atoms with Gasteiger partial charge in [0.1, 0.15) is 66.8 Å². The van der Waals surface area contributed by atoms with Crippen LogP contribution in [-0.2, 0) is 92.5 Å². The monoisotopic (exact) mass is 1580 g/mol. The number of carboxylic acids is 1. The van der Waals surface area contributed by atoms with Crippen molar-refractivity contribution >= 4 is 112 Å². The van der Waals surface area contributed by atoms with Gasteiger partial charge in [0.2, 0.25) is 76.8 Å². The Labute approximate surface area is 647 Å². The fraction of sp³-hybridized carbons (Fsp3) is 0.676. The van der Waals surface area contributed by atoms with Crippen molar-refractivity contribution in [2.75, 3.05) is 71.6 Å². The van der Waals surface area contributed by atoms with E-state index in [-0.39, 0.29) is 114 Å². The summed E-state index contributed by atoms with van der Waals surface area (Å²) < 4.78 is 16.6. The molecule has 4 heterocycles. The van der Waals surface area contributed by atoms with E-state index in [0.29, 0.717) is 81.6 Å². The van der Waals surface area contributed by atoms with E-state index in [1.54, 1.807) is 37.3 Å². The summed E-state index contributed by atoms with van der Waals surface area (Å²) in [7, 11) is 0. The number of carbonyl (C=O) groups excluding carboxylic acids is 15. The molecule has 618 valence electrons. The Hall–Kier alpha value is -9.64. The number of benzene rings is 1. The Kier molecular flexibility index (Phi) is 40.5. The van der Waals surface area contributed by atoms with E-state index in [0.717, 1.165) is 25.0 Å². The third kappa shape index (κ3) is 33.1. The number of aliphatic carboxylic acids is 1. The maximum Gasteiger partial charge on any atom is 0.315 e. The fourth-order valence-electron chi connectivity index (χ4n) is 13.2. The second-order valence-corrected chi connectivity index (χ2v) is 29.2. The summed E-state index contributed by atoms with van der Waals surface area (Å²) >= 11 is 1.84. The van der Waals surface area contributed by atoms with Crippen LogP contribution in [0.25, 0.3) is 0 Å². The number of nitrogens with zero attached hydrogens (tertiary/aromatic N) is 2. The van der Waals surface area contributed by atoms with Crippen molar-refractivity contribution < 1.29 is 101 Å². The van der Waals surface area contributed by atoms with Gasteiger partial charge >= 0.3 is 12.0 Å².